The van der Waals surface area contributed by atoms with Gasteiger partial charge in [-0.3, -0.25) is 0 Å². The molecule has 26 heavy (non-hydrogen) atoms. The highest BCUT2D eigenvalue weighted by Gasteiger charge is 2.39. The standard InChI is InChI=1S/C20H27N3O3/c1-20(2,3)18-12-15(14-7-8-16-17(11-14)26-13-25-16)23(21-18)19(24)22-9-5-4-6-10-22/h7-8,11,15H,4-6,9-10,12-13H2,1-3H3. The Morgan fingerprint density at radius 3 is 2.58 bits per heavy atom. The van der Waals surface area contributed by atoms with Gasteiger partial charge < -0.3 is 14.4 Å². The molecule has 3 aliphatic heterocycles. The summed E-state index contributed by atoms with van der Waals surface area (Å²) < 4.78 is 11.0. The Kier molecular flexibility index (Phi) is 4.29. The summed E-state index contributed by atoms with van der Waals surface area (Å²) in [5.74, 6) is 1.51. The van der Waals surface area contributed by atoms with Crippen molar-refractivity contribution >= 4 is 11.7 Å². The average Bonchev–Trinajstić information content (AvgIpc) is 3.27. The lowest BCUT2D eigenvalue weighted by molar-refractivity contribution is 0.133. The summed E-state index contributed by atoms with van der Waals surface area (Å²) in [6, 6.07) is 5.87. The molecule has 0 bridgehead atoms. The van der Waals surface area contributed by atoms with Crippen LogP contribution in [0, 0.1) is 5.41 Å². The number of rotatable bonds is 1. The van der Waals surface area contributed by atoms with Crippen molar-refractivity contribution in [1.82, 2.24) is 9.91 Å². The molecular formula is C20H27N3O3. The topological polar surface area (TPSA) is 54.4 Å². The first kappa shape index (κ1) is 17.2. The quantitative estimate of drug-likeness (QED) is 0.758. The fourth-order valence-corrected chi connectivity index (χ4v) is 3.75. The number of carbonyl (C=O) groups excluding carboxylic acids is 1. The Labute approximate surface area is 154 Å². The summed E-state index contributed by atoms with van der Waals surface area (Å²) in [4.78, 5) is 15.1. The van der Waals surface area contributed by atoms with Crippen molar-refractivity contribution in [3.8, 4) is 11.5 Å². The minimum absolute atomic E-state index is 0.0200. The summed E-state index contributed by atoms with van der Waals surface area (Å²) >= 11 is 0. The van der Waals surface area contributed by atoms with Crippen molar-refractivity contribution < 1.29 is 14.3 Å². The Bertz CT molecular complexity index is 732. The number of hydrogen-bond donors (Lipinski definition) is 0. The van der Waals surface area contributed by atoms with Crippen LogP contribution >= 0.6 is 0 Å². The van der Waals surface area contributed by atoms with Crippen molar-refractivity contribution in [2.45, 2.75) is 52.5 Å². The van der Waals surface area contributed by atoms with Gasteiger partial charge in [-0.05, 0) is 37.0 Å². The predicted molar refractivity (Wildman–Crippen MR) is 99.5 cm³/mol. The molecule has 1 fully saturated rings. The number of urea groups is 1. The van der Waals surface area contributed by atoms with E-state index in [1.54, 1.807) is 5.01 Å². The molecule has 2 amide bonds. The van der Waals surface area contributed by atoms with E-state index in [1.807, 2.05) is 23.1 Å². The highest BCUT2D eigenvalue weighted by atomic mass is 16.7. The van der Waals surface area contributed by atoms with E-state index in [1.165, 1.54) is 6.42 Å². The first-order valence-corrected chi connectivity index (χ1v) is 9.49. The molecule has 1 aromatic rings. The molecule has 1 aromatic carbocycles. The van der Waals surface area contributed by atoms with Gasteiger partial charge in [0, 0.05) is 30.6 Å². The maximum atomic E-state index is 13.2. The fourth-order valence-electron chi connectivity index (χ4n) is 3.75. The zero-order valence-corrected chi connectivity index (χ0v) is 15.8. The lowest BCUT2D eigenvalue weighted by Gasteiger charge is -2.32. The lowest BCUT2D eigenvalue weighted by atomic mass is 9.86. The first-order chi connectivity index (χ1) is 12.4. The SMILES string of the molecule is CC(C)(C)C1=NN(C(=O)N2CCCCC2)C(c2ccc3c(c2)OCO3)C1. The lowest BCUT2D eigenvalue weighted by Crippen LogP contribution is -2.43. The summed E-state index contributed by atoms with van der Waals surface area (Å²) in [5.41, 5.74) is 2.04. The van der Waals surface area contributed by atoms with Crippen LogP contribution in [0.2, 0.25) is 0 Å². The molecule has 1 atom stereocenters. The third-order valence-corrected chi connectivity index (χ3v) is 5.38. The second-order valence-corrected chi connectivity index (χ2v) is 8.30. The van der Waals surface area contributed by atoms with Gasteiger partial charge >= 0.3 is 6.03 Å². The van der Waals surface area contributed by atoms with Crippen LogP contribution in [0.3, 0.4) is 0 Å². The molecular weight excluding hydrogens is 330 g/mol. The van der Waals surface area contributed by atoms with Crippen LogP contribution in [0.1, 0.15) is 58.1 Å². The van der Waals surface area contributed by atoms with Gasteiger partial charge in [0.15, 0.2) is 11.5 Å². The van der Waals surface area contributed by atoms with Crippen LogP contribution in [-0.2, 0) is 0 Å². The van der Waals surface area contributed by atoms with Crippen molar-refractivity contribution in [2.24, 2.45) is 10.5 Å². The van der Waals surface area contributed by atoms with Gasteiger partial charge in [0.25, 0.3) is 0 Å². The van der Waals surface area contributed by atoms with E-state index in [0.29, 0.717) is 0 Å². The van der Waals surface area contributed by atoms with E-state index in [2.05, 4.69) is 20.8 Å². The van der Waals surface area contributed by atoms with Crippen molar-refractivity contribution in [3.63, 3.8) is 0 Å². The molecule has 1 unspecified atom stereocenters. The molecule has 0 aromatic heterocycles. The molecule has 0 saturated carbocycles. The molecule has 0 spiro atoms. The predicted octanol–water partition coefficient (Wildman–Crippen LogP) is 4.17. The zero-order valence-electron chi connectivity index (χ0n) is 15.8. The molecule has 3 aliphatic rings. The molecule has 140 valence electrons. The van der Waals surface area contributed by atoms with Crippen LogP contribution in [0.4, 0.5) is 4.79 Å². The van der Waals surface area contributed by atoms with E-state index < -0.39 is 0 Å². The van der Waals surface area contributed by atoms with Crippen LogP contribution in [0.15, 0.2) is 23.3 Å². The van der Waals surface area contributed by atoms with Gasteiger partial charge in [0.05, 0.1) is 6.04 Å². The fraction of sp³-hybridized carbons (Fsp3) is 0.600. The molecule has 0 aliphatic carbocycles. The minimum Gasteiger partial charge on any atom is -0.454 e. The molecule has 1 saturated heterocycles. The van der Waals surface area contributed by atoms with E-state index in [4.69, 9.17) is 14.6 Å². The normalized spacial score (nSPS) is 22.6. The van der Waals surface area contributed by atoms with Crippen LogP contribution in [0.25, 0.3) is 0 Å². The van der Waals surface area contributed by atoms with E-state index >= 15 is 0 Å². The van der Waals surface area contributed by atoms with Gasteiger partial charge in [0.1, 0.15) is 0 Å². The molecule has 6 heteroatoms. The van der Waals surface area contributed by atoms with Crippen LogP contribution in [-0.4, -0.2) is 41.5 Å². The number of likely N-dealkylation sites (tertiary alicyclic amines) is 1. The number of fused-ring (bicyclic) bond motifs is 1. The summed E-state index contributed by atoms with van der Waals surface area (Å²) in [6.07, 6.45) is 4.10. The number of hydrogen-bond acceptors (Lipinski definition) is 4. The third-order valence-electron chi connectivity index (χ3n) is 5.38. The monoisotopic (exact) mass is 357 g/mol. The number of ether oxygens (including phenoxy) is 2. The number of nitrogens with zero attached hydrogens (tertiary/aromatic N) is 3. The maximum Gasteiger partial charge on any atom is 0.341 e. The maximum absolute atomic E-state index is 13.2. The highest BCUT2D eigenvalue weighted by molar-refractivity contribution is 5.93. The highest BCUT2D eigenvalue weighted by Crippen LogP contribution is 2.41. The van der Waals surface area contributed by atoms with Gasteiger partial charge in [0.2, 0.25) is 6.79 Å². The second-order valence-electron chi connectivity index (χ2n) is 8.30. The number of carbonyl (C=O) groups is 1. The van der Waals surface area contributed by atoms with E-state index in [0.717, 1.165) is 55.1 Å². The van der Waals surface area contributed by atoms with Gasteiger partial charge in [-0.2, -0.15) is 5.10 Å². The Morgan fingerprint density at radius 1 is 1.12 bits per heavy atom. The van der Waals surface area contributed by atoms with Gasteiger partial charge in [-0.1, -0.05) is 26.8 Å². The van der Waals surface area contributed by atoms with Gasteiger partial charge in [-0.25, -0.2) is 9.80 Å². The third kappa shape index (κ3) is 3.13. The minimum atomic E-state index is -0.0897. The second kappa shape index (κ2) is 6.49. The molecule has 0 radical (unpaired) electrons. The van der Waals surface area contributed by atoms with Crippen molar-refractivity contribution in [1.29, 1.82) is 0 Å². The summed E-state index contributed by atoms with van der Waals surface area (Å²) in [6.45, 7) is 8.35. The molecule has 6 nitrogen and oxygen atoms in total. The number of piperidine rings is 1. The number of amides is 2. The smallest absolute Gasteiger partial charge is 0.341 e. The van der Waals surface area contributed by atoms with Crippen LogP contribution in [0.5, 0.6) is 11.5 Å². The summed E-state index contributed by atoms with van der Waals surface area (Å²) in [7, 11) is 0. The van der Waals surface area contributed by atoms with Gasteiger partial charge in [-0.15, -0.1) is 0 Å². The zero-order chi connectivity index (χ0) is 18.3. The summed E-state index contributed by atoms with van der Waals surface area (Å²) in [5, 5.41) is 6.47. The van der Waals surface area contributed by atoms with E-state index in [9.17, 15) is 4.79 Å². The van der Waals surface area contributed by atoms with E-state index in [-0.39, 0.29) is 24.3 Å². The Hall–Kier alpha value is -2.24. The number of hydrazone groups is 1. The molecule has 4 rings (SSSR count). The first-order valence-electron chi connectivity index (χ1n) is 9.49. The Morgan fingerprint density at radius 2 is 1.85 bits per heavy atom. The van der Waals surface area contributed by atoms with Crippen molar-refractivity contribution in [3.05, 3.63) is 23.8 Å². The Balaban J connectivity index is 1.64. The molecule has 0 N–H and O–H groups in total. The van der Waals surface area contributed by atoms with Crippen LogP contribution < -0.4 is 9.47 Å². The molecule has 3 heterocycles. The van der Waals surface area contributed by atoms with Crippen molar-refractivity contribution in [2.75, 3.05) is 19.9 Å². The number of benzene rings is 1. The largest absolute Gasteiger partial charge is 0.454 e. The average molecular weight is 357 g/mol.